The number of hydrogen-bond acceptors (Lipinski definition) is 2. The van der Waals surface area contributed by atoms with E-state index in [-0.39, 0.29) is 5.91 Å². The number of anilines is 2. The maximum atomic E-state index is 12.4. The molecule has 0 bridgehead atoms. The lowest BCUT2D eigenvalue weighted by Gasteiger charge is -2.12. The van der Waals surface area contributed by atoms with Crippen molar-refractivity contribution in [3.8, 4) is 0 Å². The van der Waals surface area contributed by atoms with E-state index in [1.807, 2.05) is 49.5 Å². The second-order valence-corrected chi connectivity index (χ2v) is 5.32. The Kier molecular flexibility index (Phi) is 4.79. The van der Waals surface area contributed by atoms with Gasteiger partial charge in [-0.15, -0.1) is 0 Å². The van der Waals surface area contributed by atoms with Crippen LogP contribution in [0.3, 0.4) is 0 Å². The normalized spacial score (nSPS) is 10.2. The lowest BCUT2D eigenvalue weighted by Crippen LogP contribution is -2.15. The summed E-state index contributed by atoms with van der Waals surface area (Å²) in [6.07, 6.45) is 0.864. The number of aryl methyl sites for hydroxylation is 1. The summed E-state index contributed by atoms with van der Waals surface area (Å²) in [5.74, 6) is -0.105. The molecular formula is C16H17BrN2O. The van der Waals surface area contributed by atoms with Gasteiger partial charge in [0.15, 0.2) is 0 Å². The number of benzene rings is 2. The number of carbonyl (C=O) groups is 1. The van der Waals surface area contributed by atoms with Crippen LogP contribution in [-0.4, -0.2) is 13.0 Å². The van der Waals surface area contributed by atoms with Crippen LogP contribution in [0, 0.1) is 0 Å². The summed E-state index contributed by atoms with van der Waals surface area (Å²) in [4.78, 5) is 12.4. The first-order valence-corrected chi connectivity index (χ1v) is 7.31. The largest absolute Gasteiger partial charge is 0.387 e. The van der Waals surface area contributed by atoms with Gasteiger partial charge in [-0.05, 0) is 42.3 Å². The van der Waals surface area contributed by atoms with E-state index in [0.29, 0.717) is 5.56 Å². The fraction of sp³-hybridized carbons (Fsp3) is 0.188. The molecule has 2 rings (SSSR count). The molecule has 0 radical (unpaired) electrons. The van der Waals surface area contributed by atoms with Gasteiger partial charge in [0.1, 0.15) is 0 Å². The molecule has 0 heterocycles. The Balaban J connectivity index is 2.28. The summed E-state index contributed by atoms with van der Waals surface area (Å²) in [6, 6.07) is 13.3. The highest BCUT2D eigenvalue weighted by atomic mass is 79.9. The number of para-hydroxylation sites is 1. The van der Waals surface area contributed by atoms with E-state index in [2.05, 4.69) is 33.5 Å². The van der Waals surface area contributed by atoms with Gasteiger partial charge in [0.05, 0.1) is 5.56 Å². The Morgan fingerprint density at radius 2 is 1.90 bits per heavy atom. The second kappa shape index (κ2) is 6.57. The molecule has 0 aromatic heterocycles. The Labute approximate surface area is 127 Å². The predicted molar refractivity (Wildman–Crippen MR) is 87.5 cm³/mol. The Hall–Kier alpha value is -1.81. The molecule has 0 fully saturated rings. The minimum Gasteiger partial charge on any atom is -0.387 e. The van der Waals surface area contributed by atoms with E-state index in [1.54, 1.807) is 0 Å². The molecular weight excluding hydrogens is 316 g/mol. The molecule has 0 unspecified atom stereocenters. The first-order valence-electron chi connectivity index (χ1n) is 6.52. The van der Waals surface area contributed by atoms with Crippen molar-refractivity contribution < 1.29 is 4.79 Å². The molecule has 0 atom stereocenters. The zero-order valence-electron chi connectivity index (χ0n) is 11.5. The highest BCUT2D eigenvalue weighted by Gasteiger charge is 2.12. The number of halogens is 1. The molecule has 0 spiro atoms. The number of rotatable bonds is 4. The van der Waals surface area contributed by atoms with Crippen molar-refractivity contribution >= 4 is 33.2 Å². The number of nitrogens with one attached hydrogen (secondary N) is 2. The molecule has 1 amide bonds. The Morgan fingerprint density at radius 3 is 2.60 bits per heavy atom. The monoisotopic (exact) mass is 332 g/mol. The fourth-order valence-electron chi connectivity index (χ4n) is 2.07. The molecule has 2 N–H and O–H groups in total. The third kappa shape index (κ3) is 3.20. The van der Waals surface area contributed by atoms with Crippen LogP contribution < -0.4 is 10.6 Å². The lowest BCUT2D eigenvalue weighted by molar-refractivity contribution is 0.102. The molecule has 0 aliphatic heterocycles. The fourth-order valence-corrected chi connectivity index (χ4v) is 2.47. The predicted octanol–water partition coefficient (Wildman–Crippen LogP) is 4.31. The zero-order valence-corrected chi connectivity index (χ0v) is 13.1. The molecule has 0 saturated carbocycles. The molecule has 20 heavy (non-hydrogen) atoms. The van der Waals surface area contributed by atoms with Crippen LogP contribution in [0.5, 0.6) is 0 Å². The van der Waals surface area contributed by atoms with E-state index in [9.17, 15) is 4.79 Å². The van der Waals surface area contributed by atoms with Crippen molar-refractivity contribution in [2.45, 2.75) is 13.3 Å². The molecule has 2 aromatic carbocycles. The number of carbonyl (C=O) groups excluding carboxylic acids is 1. The van der Waals surface area contributed by atoms with Gasteiger partial charge in [0, 0.05) is 22.9 Å². The minimum absolute atomic E-state index is 0.105. The van der Waals surface area contributed by atoms with Crippen molar-refractivity contribution in [3.05, 3.63) is 58.1 Å². The van der Waals surface area contributed by atoms with Crippen LogP contribution in [-0.2, 0) is 6.42 Å². The first kappa shape index (κ1) is 14.6. The average molecular weight is 333 g/mol. The highest BCUT2D eigenvalue weighted by molar-refractivity contribution is 9.10. The van der Waals surface area contributed by atoms with E-state index < -0.39 is 0 Å². The van der Waals surface area contributed by atoms with Crippen LogP contribution in [0.15, 0.2) is 46.9 Å². The topological polar surface area (TPSA) is 41.1 Å². The quantitative estimate of drug-likeness (QED) is 0.876. The van der Waals surface area contributed by atoms with Gasteiger partial charge in [-0.2, -0.15) is 0 Å². The van der Waals surface area contributed by atoms with Gasteiger partial charge in [0.2, 0.25) is 0 Å². The van der Waals surface area contributed by atoms with E-state index in [4.69, 9.17) is 0 Å². The van der Waals surface area contributed by atoms with Crippen LogP contribution >= 0.6 is 15.9 Å². The van der Waals surface area contributed by atoms with Gasteiger partial charge in [-0.3, -0.25) is 4.79 Å². The Morgan fingerprint density at radius 1 is 1.15 bits per heavy atom. The summed E-state index contributed by atoms with van der Waals surface area (Å²) in [7, 11) is 1.81. The number of amides is 1. The summed E-state index contributed by atoms with van der Waals surface area (Å²) < 4.78 is 1.02. The molecule has 3 nitrogen and oxygen atoms in total. The van der Waals surface area contributed by atoms with Gasteiger partial charge in [-0.1, -0.05) is 35.0 Å². The molecule has 0 aliphatic rings. The third-order valence-electron chi connectivity index (χ3n) is 3.14. The van der Waals surface area contributed by atoms with Gasteiger partial charge in [-0.25, -0.2) is 0 Å². The van der Waals surface area contributed by atoms with Gasteiger partial charge < -0.3 is 10.6 Å². The number of hydrogen-bond donors (Lipinski definition) is 2. The van der Waals surface area contributed by atoms with E-state index in [0.717, 1.165) is 27.8 Å². The summed E-state index contributed by atoms with van der Waals surface area (Å²) in [5, 5.41) is 6.01. The SMILES string of the molecule is CCc1cc(Br)ccc1NC(=O)c1ccccc1NC. The van der Waals surface area contributed by atoms with Crippen molar-refractivity contribution in [2.24, 2.45) is 0 Å². The first-order chi connectivity index (χ1) is 9.65. The Bertz CT molecular complexity index is 626. The van der Waals surface area contributed by atoms with Crippen molar-refractivity contribution in [1.82, 2.24) is 0 Å². The van der Waals surface area contributed by atoms with E-state index >= 15 is 0 Å². The van der Waals surface area contributed by atoms with Crippen LogP contribution in [0.4, 0.5) is 11.4 Å². The smallest absolute Gasteiger partial charge is 0.257 e. The molecule has 0 aliphatic carbocycles. The van der Waals surface area contributed by atoms with Crippen molar-refractivity contribution in [3.63, 3.8) is 0 Å². The summed E-state index contributed by atoms with van der Waals surface area (Å²) >= 11 is 3.45. The molecule has 2 aromatic rings. The third-order valence-corrected chi connectivity index (χ3v) is 3.63. The minimum atomic E-state index is -0.105. The molecule has 0 saturated heterocycles. The van der Waals surface area contributed by atoms with Crippen LogP contribution in [0.1, 0.15) is 22.8 Å². The van der Waals surface area contributed by atoms with E-state index in [1.165, 1.54) is 0 Å². The van der Waals surface area contributed by atoms with Gasteiger partial charge in [0.25, 0.3) is 5.91 Å². The molecule has 4 heteroatoms. The van der Waals surface area contributed by atoms with Crippen LogP contribution in [0.2, 0.25) is 0 Å². The summed E-state index contributed by atoms with van der Waals surface area (Å²) in [6.45, 7) is 2.07. The van der Waals surface area contributed by atoms with Crippen molar-refractivity contribution in [1.29, 1.82) is 0 Å². The standard InChI is InChI=1S/C16H17BrN2O/c1-3-11-10-12(17)8-9-14(11)19-16(20)13-6-4-5-7-15(13)18-2/h4-10,18H,3H2,1-2H3,(H,19,20). The van der Waals surface area contributed by atoms with Crippen molar-refractivity contribution in [2.75, 3.05) is 17.7 Å². The zero-order chi connectivity index (χ0) is 14.5. The summed E-state index contributed by atoms with van der Waals surface area (Å²) in [5.41, 5.74) is 3.42. The lowest BCUT2D eigenvalue weighted by atomic mass is 10.1. The molecule has 104 valence electrons. The second-order valence-electron chi connectivity index (χ2n) is 4.40. The average Bonchev–Trinajstić information content (AvgIpc) is 2.48. The van der Waals surface area contributed by atoms with Crippen LogP contribution in [0.25, 0.3) is 0 Å². The van der Waals surface area contributed by atoms with Gasteiger partial charge >= 0.3 is 0 Å². The maximum Gasteiger partial charge on any atom is 0.257 e. The maximum absolute atomic E-state index is 12.4. The highest BCUT2D eigenvalue weighted by Crippen LogP contribution is 2.23.